The van der Waals surface area contributed by atoms with Gasteiger partial charge in [-0.1, -0.05) is 12.1 Å². The van der Waals surface area contributed by atoms with Crippen molar-refractivity contribution < 1.29 is 9.90 Å². The molecule has 3 aromatic rings. The van der Waals surface area contributed by atoms with Gasteiger partial charge in [0.15, 0.2) is 0 Å². The van der Waals surface area contributed by atoms with Gasteiger partial charge in [0.1, 0.15) is 5.75 Å². The minimum Gasteiger partial charge on any atom is -0.508 e. The Morgan fingerprint density at radius 1 is 1.05 bits per heavy atom. The van der Waals surface area contributed by atoms with Crippen LogP contribution in [-0.2, 0) is 0 Å². The fourth-order valence-corrected chi connectivity index (χ4v) is 2.00. The summed E-state index contributed by atoms with van der Waals surface area (Å²) in [7, 11) is 0. The molecule has 0 saturated heterocycles. The highest BCUT2D eigenvalue weighted by Crippen LogP contribution is 2.20. The second-order valence-corrected chi connectivity index (χ2v) is 4.47. The van der Waals surface area contributed by atoms with Gasteiger partial charge >= 0.3 is 0 Å². The summed E-state index contributed by atoms with van der Waals surface area (Å²) in [6, 6.07) is 15.3. The number of aromatic hydroxyl groups is 1. The number of anilines is 1. The normalized spacial score (nSPS) is 10.3. The molecule has 3 rings (SSSR count). The number of amides is 1. The number of para-hydroxylation sites is 2. The summed E-state index contributed by atoms with van der Waals surface area (Å²) >= 11 is 0. The summed E-state index contributed by atoms with van der Waals surface area (Å²) in [6.45, 7) is 0. The third-order valence-electron chi connectivity index (χ3n) is 3.03. The molecule has 5 heteroatoms. The van der Waals surface area contributed by atoms with Gasteiger partial charge in [0.2, 0.25) is 0 Å². The fraction of sp³-hybridized carbons (Fsp3) is 0. The molecule has 0 aliphatic rings. The van der Waals surface area contributed by atoms with Crippen molar-refractivity contribution in [2.45, 2.75) is 0 Å². The van der Waals surface area contributed by atoms with Gasteiger partial charge in [0.25, 0.3) is 5.91 Å². The maximum Gasteiger partial charge on any atom is 0.255 e. The van der Waals surface area contributed by atoms with Crippen LogP contribution >= 0.6 is 0 Å². The maximum atomic E-state index is 12.2. The number of hydrogen-bond donors (Lipinski definition) is 2. The summed E-state index contributed by atoms with van der Waals surface area (Å²) in [5.41, 5.74) is 1.93. The zero-order chi connectivity index (χ0) is 14.7. The molecule has 0 fully saturated rings. The highest BCUT2D eigenvalue weighted by atomic mass is 16.3. The van der Waals surface area contributed by atoms with Gasteiger partial charge < -0.3 is 10.4 Å². The number of phenols is 1. The lowest BCUT2D eigenvalue weighted by molar-refractivity contribution is 0.102. The number of nitrogens with zero attached hydrogens (tertiary/aromatic N) is 2. The molecule has 0 aliphatic heterocycles. The van der Waals surface area contributed by atoms with E-state index in [0.29, 0.717) is 11.3 Å². The Bertz CT molecular complexity index is 749. The predicted octanol–water partition coefficient (Wildman–Crippen LogP) is 2.83. The van der Waals surface area contributed by atoms with Crippen molar-refractivity contribution in [3.8, 4) is 11.4 Å². The van der Waals surface area contributed by atoms with E-state index in [1.807, 2.05) is 36.5 Å². The Hall–Kier alpha value is -3.08. The number of aromatic nitrogens is 2. The molecule has 2 N–H and O–H groups in total. The monoisotopic (exact) mass is 279 g/mol. The molecule has 0 unspecified atom stereocenters. The molecular weight excluding hydrogens is 266 g/mol. The first-order valence-electron chi connectivity index (χ1n) is 6.43. The van der Waals surface area contributed by atoms with Crippen LogP contribution in [0.4, 0.5) is 5.69 Å². The first kappa shape index (κ1) is 12.9. The molecule has 0 radical (unpaired) electrons. The van der Waals surface area contributed by atoms with Crippen LogP contribution in [0.3, 0.4) is 0 Å². The molecule has 104 valence electrons. The summed E-state index contributed by atoms with van der Waals surface area (Å²) < 4.78 is 1.69. The molecule has 1 amide bonds. The van der Waals surface area contributed by atoms with Crippen molar-refractivity contribution in [2.24, 2.45) is 0 Å². The summed E-state index contributed by atoms with van der Waals surface area (Å²) in [5, 5.41) is 16.3. The zero-order valence-corrected chi connectivity index (χ0v) is 11.1. The highest BCUT2D eigenvalue weighted by Gasteiger charge is 2.10. The number of benzene rings is 2. The number of nitrogens with one attached hydrogen (secondary N) is 1. The maximum absolute atomic E-state index is 12.2. The van der Waals surface area contributed by atoms with Crippen molar-refractivity contribution in [3.63, 3.8) is 0 Å². The molecule has 1 aromatic heterocycles. The molecule has 0 aliphatic carbocycles. The van der Waals surface area contributed by atoms with Crippen molar-refractivity contribution in [1.82, 2.24) is 9.78 Å². The lowest BCUT2D eigenvalue weighted by atomic mass is 10.2. The van der Waals surface area contributed by atoms with Crippen molar-refractivity contribution in [2.75, 3.05) is 5.32 Å². The van der Waals surface area contributed by atoms with Gasteiger partial charge in [-0.15, -0.1) is 0 Å². The minimum absolute atomic E-state index is 0.128. The summed E-state index contributed by atoms with van der Waals surface area (Å²) in [5.74, 6) is -0.113. The van der Waals surface area contributed by atoms with E-state index in [1.54, 1.807) is 23.0 Å². The van der Waals surface area contributed by atoms with E-state index in [4.69, 9.17) is 0 Å². The standard InChI is InChI=1S/C16H13N3O2/c20-13-8-6-12(7-9-13)16(21)18-14-4-1-2-5-15(14)19-11-3-10-17-19/h1-11,20H,(H,18,21). The van der Waals surface area contributed by atoms with Crippen LogP contribution < -0.4 is 5.32 Å². The van der Waals surface area contributed by atoms with Crippen LogP contribution in [-0.4, -0.2) is 20.8 Å². The molecule has 1 heterocycles. The van der Waals surface area contributed by atoms with Crippen molar-refractivity contribution in [3.05, 3.63) is 72.6 Å². The van der Waals surface area contributed by atoms with Gasteiger partial charge in [0.05, 0.1) is 11.4 Å². The molecule has 0 saturated carbocycles. The number of carbonyl (C=O) groups excluding carboxylic acids is 1. The van der Waals surface area contributed by atoms with E-state index < -0.39 is 0 Å². The number of hydrogen-bond acceptors (Lipinski definition) is 3. The van der Waals surface area contributed by atoms with Crippen molar-refractivity contribution >= 4 is 11.6 Å². The van der Waals surface area contributed by atoms with Crippen LogP contribution in [0, 0.1) is 0 Å². The van der Waals surface area contributed by atoms with Crippen LogP contribution in [0.5, 0.6) is 5.75 Å². The molecule has 0 spiro atoms. The first-order chi connectivity index (χ1) is 10.2. The SMILES string of the molecule is O=C(Nc1ccccc1-n1cccn1)c1ccc(O)cc1. The van der Waals surface area contributed by atoms with E-state index in [-0.39, 0.29) is 11.7 Å². The Kier molecular flexibility index (Phi) is 3.39. The van der Waals surface area contributed by atoms with Gasteiger partial charge in [0, 0.05) is 18.0 Å². The van der Waals surface area contributed by atoms with E-state index in [9.17, 15) is 9.90 Å². The van der Waals surface area contributed by atoms with Gasteiger partial charge in [-0.25, -0.2) is 4.68 Å². The summed E-state index contributed by atoms with van der Waals surface area (Å²) in [4.78, 5) is 12.2. The van der Waals surface area contributed by atoms with Crippen LogP contribution in [0.1, 0.15) is 10.4 Å². The smallest absolute Gasteiger partial charge is 0.255 e. The minimum atomic E-state index is -0.241. The first-order valence-corrected chi connectivity index (χ1v) is 6.43. The topological polar surface area (TPSA) is 67.2 Å². The van der Waals surface area contributed by atoms with Crippen LogP contribution in [0.2, 0.25) is 0 Å². The van der Waals surface area contributed by atoms with E-state index in [2.05, 4.69) is 10.4 Å². The fourth-order valence-electron chi connectivity index (χ4n) is 2.00. The molecule has 0 bridgehead atoms. The van der Waals surface area contributed by atoms with E-state index in [0.717, 1.165) is 5.69 Å². The summed E-state index contributed by atoms with van der Waals surface area (Å²) in [6.07, 6.45) is 3.49. The molecule has 21 heavy (non-hydrogen) atoms. The number of phenolic OH excluding ortho intramolecular Hbond substituents is 1. The Morgan fingerprint density at radius 3 is 2.52 bits per heavy atom. The second kappa shape index (κ2) is 5.50. The number of rotatable bonds is 3. The van der Waals surface area contributed by atoms with Gasteiger partial charge in [-0.2, -0.15) is 5.10 Å². The largest absolute Gasteiger partial charge is 0.508 e. The van der Waals surface area contributed by atoms with Crippen molar-refractivity contribution in [1.29, 1.82) is 0 Å². The van der Waals surface area contributed by atoms with Crippen LogP contribution in [0.25, 0.3) is 5.69 Å². The third-order valence-corrected chi connectivity index (χ3v) is 3.03. The zero-order valence-electron chi connectivity index (χ0n) is 11.1. The number of carbonyl (C=O) groups is 1. The average Bonchev–Trinajstić information content (AvgIpc) is 3.02. The Labute approximate surface area is 121 Å². The van der Waals surface area contributed by atoms with Gasteiger partial charge in [-0.3, -0.25) is 4.79 Å². The Morgan fingerprint density at radius 2 is 1.81 bits per heavy atom. The quantitative estimate of drug-likeness (QED) is 0.774. The lowest BCUT2D eigenvalue weighted by Crippen LogP contribution is -2.13. The predicted molar refractivity (Wildman–Crippen MR) is 79.6 cm³/mol. The Balaban J connectivity index is 1.88. The average molecular weight is 279 g/mol. The third kappa shape index (κ3) is 2.76. The highest BCUT2D eigenvalue weighted by molar-refractivity contribution is 6.05. The molecule has 5 nitrogen and oxygen atoms in total. The molecule has 0 atom stereocenters. The van der Waals surface area contributed by atoms with E-state index >= 15 is 0 Å². The van der Waals surface area contributed by atoms with Gasteiger partial charge in [-0.05, 0) is 42.5 Å². The molecular formula is C16H13N3O2. The second-order valence-electron chi connectivity index (χ2n) is 4.47. The molecule has 2 aromatic carbocycles. The van der Waals surface area contributed by atoms with Crippen LogP contribution in [0.15, 0.2) is 67.0 Å². The van der Waals surface area contributed by atoms with E-state index in [1.165, 1.54) is 12.1 Å². The lowest BCUT2D eigenvalue weighted by Gasteiger charge is -2.11.